The smallest absolute Gasteiger partial charge is 0.222 e. The molecule has 37 heavy (non-hydrogen) atoms. The van der Waals surface area contributed by atoms with Crippen molar-refractivity contribution in [1.82, 2.24) is 10.2 Å². The normalized spacial score (nSPS) is 16.5. The molecule has 1 N–H and O–H groups in total. The number of likely N-dealkylation sites (tertiary alicyclic amines) is 1. The summed E-state index contributed by atoms with van der Waals surface area (Å²) in [7, 11) is 0. The van der Waals surface area contributed by atoms with E-state index in [1.807, 2.05) is 35.2 Å². The Morgan fingerprint density at radius 1 is 0.973 bits per heavy atom. The van der Waals surface area contributed by atoms with Crippen molar-refractivity contribution >= 4 is 23.2 Å². The van der Waals surface area contributed by atoms with Gasteiger partial charge in [0.25, 0.3) is 0 Å². The van der Waals surface area contributed by atoms with Crippen molar-refractivity contribution in [3.8, 4) is 11.5 Å². The monoisotopic (exact) mass is 525 g/mol. The van der Waals surface area contributed by atoms with Crippen LogP contribution in [0.3, 0.4) is 0 Å². The number of benzene rings is 3. The maximum Gasteiger partial charge on any atom is 0.222 e. The quantitative estimate of drug-likeness (QED) is 0.375. The van der Waals surface area contributed by atoms with E-state index in [9.17, 15) is 13.6 Å². The summed E-state index contributed by atoms with van der Waals surface area (Å²) in [6.07, 6.45) is 3.40. The van der Waals surface area contributed by atoms with E-state index < -0.39 is 5.82 Å². The van der Waals surface area contributed by atoms with Crippen molar-refractivity contribution in [2.45, 2.75) is 44.8 Å². The number of anilines is 1. The molecule has 2 heterocycles. The fraction of sp³-hybridized carbons (Fsp3) is 0.345. The number of ether oxygens (including phenoxy) is 1. The van der Waals surface area contributed by atoms with Crippen molar-refractivity contribution in [3.63, 3.8) is 0 Å². The van der Waals surface area contributed by atoms with Crippen molar-refractivity contribution in [1.29, 1.82) is 0 Å². The molecule has 0 saturated carbocycles. The van der Waals surface area contributed by atoms with Crippen LogP contribution in [-0.4, -0.2) is 36.5 Å². The van der Waals surface area contributed by atoms with Crippen LogP contribution in [0.4, 0.5) is 14.5 Å². The lowest BCUT2D eigenvalue weighted by atomic mass is 10.0. The summed E-state index contributed by atoms with van der Waals surface area (Å²) in [6, 6.07) is 17.4. The highest BCUT2D eigenvalue weighted by molar-refractivity contribution is 6.30. The van der Waals surface area contributed by atoms with Gasteiger partial charge in [0.05, 0.1) is 5.02 Å². The van der Waals surface area contributed by atoms with E-state index in [0.717, 1.165) is 55.7 Å². The van der Waals surface area contributed by atoms with Gasteiger partial charge in [-0.05, 0) is 67.3 Å². The van der Waals surface area contributed by atoms with Crippen LogP contribution in [0.25, 0.3) is 0 Å². The minimum Gasteiger partial charge on any atom is -0.457 e. The molecule has 0 aliphatic carbocycles. The largest absolute Gasteiger partial charge is 0.457 e. The molecular weight excluding hydrogens is 496 g/mol. The Morgan fingerprint density at radius 2 is 1.76 bits per heavy atom. The molecule has 5 rings (SSSR count). The third kappa shape index (κ3) is 6.40. The van der Waals surface area contributed by atoms with Crippen LogP contribution in [0.1, 0.15) is 36.8 Å². The van der Waals surface area contributed by atoms with Crippen LogP contribution in [0.5, 0.6) is 11.5 Å². The van der Waals surface area contributed by atoms with Crippen LogP contribution in [0.2, 0.25) is 5.02 Å². The van der Waals surface area contributed by atoms with Gasteiger partial charge in [-0.15, -0.1) is 0 Å². The predicted molar refractivity (Wildman–Crippen MR) is 141 cm³/mol. The first-order valence-corrected chi connectivity index (χ1v) is 13.1. The summed E-state index contributed by atoms with van der Waals surface area (Å²) < 4.78 is 33.4. The molecule has 0 bridgehead atoms. The molecule has 0 radical (unpaired) electrons. The van der Waals surface area contributed by atoms with Crippen molar-refractivity contribution in [2.75, 3.05) is 24.5 Å². The minimum atomic E-state index is -0.541. The number of hydrogen-bond acceptors (Lipinski definition) is 4. The molecule has 0 atom stereocenters. The number of rotatable bonds is 8. The Labute approximate surface area is 221 Å². The van der Waals surface area contributed by atoms with E-state index in [2.05, 4.69) is 10.2 Å². The van der Waals surface area contributed by atoms with Crippen LogP contribution < -0.4 is 15.0 Å². The lowest BCUT2D eigenvalue weighted by molar-refractivity contribution is -0.128. The highest BCUT2D eigenvalue weighted by Gasteiger charge is 2.23. The van der Waals surface area contributed by atoms with Gasteiger partial charge in [0.15, 0.2) is 0 Å². The Balaban J connectivity index is 1.24. The fourth-order valence-corrected chi connectivity index (χ4v) is 5.05. The first-order chi connectivity index (χ1) is 17.9. The number of nitrogens with one attached hydrogen (secondary N) is 1. The summed E-state index contributed by atoms with van der Waals surface area (Å²) in [5.74, 6) is 0.338. The molecule has 3 aromatic carbocycles. The second kappa shape index (κ2) is 11.5. The number of piperidine rings is 1. The van der Waals surface area contributed by atoms with E-state index in [1.54, 1.807) is 6.07 Å². The Bertz CT molecular complexity index is 1250. The third-order valence-electron chi connectivity index (χ3n) is 7.06. The van der Waals surface area contributed by atoms with Gasteiger partial charge in [0.2, 0.25) is 5.91 Å². The zero-order chi connectivity index (χ0) is 25.8. The topological polar surface area (TPSA) is 44.8 Å². The van der Waals surface area contributed by atoms with Crippen molar-refractivity contribution < 1.29 is 18.3 Å². The number of halogens is 3. The van der Waals surface area contributed by atoms with Crippen molar-refractivity contribution in [3.05, 3.63) is 88.4 Å². The zero-order valence-electron chi connectivity index (χ0n) is 20.6. The van der Waals surface area contributed by atoms with Gasteiger partial charge in [-0.25, -0.2) is 8.78 Å². The van der Waals surface area contributed by atoms with Gasteiger partial charge in [-0.2, -0.15) is 0 Å². The summed E-state index contributed by atoms with van der Waals surface area (Å²) in [5, 5.41) is 3.68. The molecule has 0 unspecified atom stereocenters. The van der Waals surface area contributed by atoms with E-state index in [1.165, 1.54) is 24.3 Å². The molecule has 2 fully saturated rings. The lowest BCUT2D eigenvalue weighted by Gasteiger charge is -2.34. The summed E-state index contributed by atoms with van der Waals surface area (Å²) >= 11 is 5.83. The average Bonchev–Trinajstić information content (AvgIpc) is 3.31. The van der Waals surface area contributed by atoms with Gasteiger partial charge >= 0.3 is 0 Å². The van der Waals surface area contributed by atoms with Crippen LogP contribution in [0, 0.1) is 11.6 Å². The van der Waals surface area contributed by atoms with Gasteiger partial charge in [-0.1, -0.05) is 23.7 Å². The second-order valence-corrected chi connectivity index (χ2v) is 10.1. The number of carbonyl (C=O) groups is 1. The SMILES string of the molecule is O=C1CCCN1Cc1ccc(CNC2CCN(c3ccc(F)cc3)CC2)cc1Oc1ccc(Cl)c(F)c1. The maximum absolute atomic E-state index is 14.0. The molecule has 8 heteroatoms. The Hall–Kier alpha value is -3.16. The number of nitrogens with zero attached hydrogens (tertiary/aromatic N) is 2. The maximum atomic E-state index is 14.0. The molecule has 0 spiro atoms. The van der Waals surface area contributed by atoms with Gasteiger partial charge in [0, 0.05) is 62.5 Å². The molecule has 2 aliphatic heterocycles. The van der Waals surface area contributed by atoms with Crippen LogP contribution >= 0.6 is 11.6 Å². The van der Waals surface area contributed by atoms with Crippen LogP contribution in [0.15, 0.2) is 60.7 Å². The van der Waals surface area contributed by atoms with Gasteiger partial charge in [-0.3, -0.25) is 4.79 Å². The fourth-order valence-electron chi connectivity index (χ4n) is 4.93. The summed E-state index contributed by atoms with van der Waals surface area (Å²) in [6.45, 7) is 3.66. The highest BCUT2D eigenvalue weighted by Crippen LogP contribution is 2.31. The molecule has 2 saturated heterocycles. The zero-order valence-corrected chi connectivity index (χ0v) is 21.3. The number of amides is 1. The summed E-state index contributed by atoms with van der Waals surface area (Å²) in [4.78, 5) is 16.3. The highest BCUT2D eigenvalue weighted by atomic mass is 35.5. The first-order valence-electron chi connectivity index (χ1n) is 12.7. The van der Waals surface area contributed by atoms with Gasteiger partial charge < -0.3 is 19.9 Å². The number of carbonyl (C=O) groups excluding carboxylic acids is 1. The molecular formula is C29H30ClF2N3O2. The molecule has 3 aromatic rings. The van der Waals surface area contributed by atoms with E-state index in [0.29, 0.717) is 37.1 Å². The molecule has 194 valence electrons. The summed E-state index contributed by atoms with van der Waals surface area (Å²) in [5.41, 5.74) is 2.97. The molecule has 2 aliphatic rings. The molecule has 1 amide bonds. The standard InChI is InChI=1S/C29H30ClF2N3O2/c30-26-10-9-25(17-27(26)32)37-28-16-20(3-4-21(28)19-35-13-1-2-29(35)36)18-33-23-11-14-34(15-12-23)24-7-5-22(31)6-8-24/h3-10,16-17,23,33H,1-2,11-15,18-19H2. The molecule has 0 aromatic heterocycles. The van der Waals surface area contributed by atoms with E-state index in [-0.39, 0.29) is 16.7 Å². The Kier molecular flexibility index (Phi) is 7.91. The van der Waals surface area contributed by atoms with Crippen molar-refractivity contribution in [2.24, 2.45) is 0 Å². The first kappa shape index (κ1) is 25.5. The van der Waals surface area contributed by atoms with Gasteiger partial charge in [0.1, 0.15) is 23.1 Å². The molecule has 5 nitrogen and oxygen atoms in total. The lowest BCUT2D eigenvalue weighted by Crippen LogP contribution is -2.42. The number of hydrogen-bond donors (Lipinski definition) is 1. The van der Waals surface area contributed by atoms with E-state index >= 15 is 0 Å². The van der Waals surface area contributed by atoms with E-state index in [4.69, 9.17) is 16.3 Å². The minimum absolute atomic E-state index is 0.0404. The average molecular weight is 526 g/mol. The Morgan fingerprint density at radius 3 is 2.46 bits per heavy atom. The predicted octanol–water partition coefficient (Wildman–Crippen LogP) is 6.29. The second-order valence-electron chi connectivity index (χ2n) is 9.66. The van der Waals surface area contributed by atoms with Crippen LogP contribution in [-0.2, 0) is 17.9 Å². The third-order valence-corrected chi connectivity index (χ3v) is 7.37.